The van der Waals surface area contributed by atoms with Crippen molar-refractivity contribution in [3.63, 3.8) is 0 Å². The molecule has 1 unspecified atom stereocenters. The molecule has 3 atom stereocenters. The Morgan fingerprint density at radius 2 is 1.51 bits per heavy atom. The minimum atomic E-state index is -0.0182. The van der Waals surface area contributed by atoms with E-state index in [9.17, 15) is 0 Å². The second-order valence-corrected chi connectivity index (χ2v) is 21.6. The first-order chi connectivity index (χ1) is 35.8. The normalized spacial score (nSPS) is 20.8. The van der Waals surface area contributed by atoms with Crippen molar-refractivity contribution >= 4 is 40.0 Å². The fourth-order valence-corrected chi connectivity index (χ4v) is 12.3. The maximum atomic E-state index is 6.30. The molecular formula is C69H72N2O2. The van der Waals surface area contributed by atoms with E-state index in [1.807, 2.05) is 6.08 Å². The molecular weight excluding hydrogens is 889 g/mol. The number of hydrogen-bond donors (Lipinski definition) is 0. The Morgan fingerprint density at radius 3 is 2.26 bits per heavy atom. The van der Waals surface area contributed by atoms with Gasteiger partial charge in [0.2, 0.25) is 0 Å². The quantitative estimate of drug-likeness (QED) is 0.0647. The number of hydrogen-bond acceptors (Lipinski definition) is 3. The zero-order chi connectivity index (χ0) is 49.7. The molecule has 4 nitrogen and oxygen atoms in total. The highest BCUT2D eigenvalue weighted by molar-refractivity contribution is 5.95. The lowest BCUT2D eigenvalue weighted by molar-refractivity contribution is 0.137. The summed E-state index contributed by atoms with van der Waals surface area (Å²) in [5, 5.41) is 1.34. The zero-order valence-corrected chi connectivity index (χ0v) is 43.2. The van der Waals surface area contributed by atoms with Gasteiger partial charge >= 0.3 is 0 Å². The molecule has 6 aliphatic rings. The van der Waals surface area contributed by atoms with Crippen molar-refractivity contribution in [2.45, 2.75) is 97.2 Å². The molecule has 1 saturated carbocycles. The number of anilines is 2. The van der Waals surface area contributed by atoms with Crippen molar-refractivity contribution in [1.29, 1.82) is 0 Å². The van der Waals surface area contributed by atoms with Crippen LogP contribution in [-0.4, -0.2) is 30.4 Å². The van der Waals surface area contributed by atoms with E-state index in [1.165, 1.54) is 95.6 Å². The summed E-state index contributed by atoms with van der Waals surface area (Å²) in [5.41, 5.74) is 21.1. The molecule has 0 saturated heterocycles. The van der Waals surface area contributed by atoms with Gasteiger partial charge in [0, 0.05) is 40.1 Å². The molecule has 0 aliphatic heterocycles. The highest BCUT2D eigenvalue weighted by Crippen LogP contribution is 2.58. The Bertz CT molecular complexity index is 3150. The summed E-state index contributed by atoms with van der Waals surface area (Å²) in [6.45, 7) is 16.4. The fourth-order valence-electron chi connectivity index (χ4n) is 12.3. The van der Waals surface area contributed by atoms with Gasteiger partial charge in [0.05, 0.1) is 32.5 Å². The van der Waals surface area contributed by atoms with Gasteiger partial charge in [0.25, 0.3) is 0 Å². The van der Waals surface area contributed by atoms with E-state index in [2.05, 4.69) is 206 Å². The predicted molar refractivity (Wildman–Crippen MR) is 309 cm³/mol. The summed E-state index contributed by atoms with van der Waals surface area (Å²) in [6.07, 6.45) is 43.2. The second kappa shape index (κ2) is 21.8. The van der Waals surface area contributed by atoms with Gasteiger partial charge in [0.15, 0.2) is 0 Å². The third-order valence-corrected chi connectivity index (χ3v) is 16.6. The first-order valence-corrected chi connectivity index (χ1v) is 27.2. The number of allylic oxidation sites excluding steroid dienone is 13. The number of ether oxygens (including phenoxy) is 2. The molecule has 1 aromatic heterocycles. The molecule has 6 aliphatic carbocycles. The van der Waals surface area contributed by atoms with E-state index in [0.29, 0.717) is 25.0 Å². The van der Waals surface area contributed by atoms with Crippen LogP contribution in [0.1, 0.15) is 99.6 Å². The number of fused-ring (bicyclic) bond motifs is 6. The van der Waals surface area contributed by atoms with E-state index in [-0.39, 0.29) is 11.5 Å². The molecule has 0 N–H and O–H groups in total. The molecule has 1 heterocycles. The SMILES string of the molecule is C=Cc1ccc(COCC2=CC=C3C4=CC[C@@H](N(c5ccc(C6=CCCC=C6)cc5)c5ccc(-c6ccc7c(c6)c6c(n7C/C=C\CCOCC7=CC[C@H](C=C)CC7)CCC=C6)cc5)C=C4C(C)(C)C3C2)cc1. The summed E-state index contributed by atoms with van der Waals surface area (Å²) in [6, 6.07) is 34.4. The maximum Gasteiger partial charge on any atom is 0.0721 e. The summed E-state index contributed by atoms with van der Waals surface area (Å²) < 4.78 is 14.9. The average molecular weight is 961 g/mol. The number of aromatic nitrogens is 1. The first-order valence-electron chi connectivity index (χ1n) is 27.2. The molecule has 0 spiro atoms. The molecule has 0 amide bonds. The molecule has 73 heavy (non-hydrogen) atoms. The Labute approximate surface area is 435 Å². The van der Waals surface area contributed by atoms with Gasteiger partial charge in [-0.1, -0.05) is 160 Å². The Kier molecular flexibility index (Phi) is 14.5. The minimum absolute atomic E-state index is 0.0182. The molecule has 5 aromatic rings. The molecule has 370 valence electrons. The van der Waals surface area contributed by atoms with Gasteiger partial charge in [-0.2, -0.15) is 0 Å². The van der Waals surface area contributed by atoms with Crippen molar-refractivity contribution in [2.24, 2.45) is 17.3 Å². The summed E-state index contributed by atoms with van der Waals surface area (Å²) in [7, 11) is 0. The fraction of sp³-hybridized carbons (Fsp3) is 0.304. The number of nitrogens with zero attached hydrogens (tertiary/aromatic N) is 2. The summed E-state index contributed by atoms with van der Waals surface area (Å²) >= 11 is 0. The van der Waals surface area contributed by atoms with Gasteiger partial charge < -0.3 is 18.9 Å². The van der Waals surface area contributed by atoms with E-state index < -0.39 is 0 Å². The van der Waals surface area contributed by atoms with Crippen LogP contribution in [0.4, 0.5) is 11.4 Å². The van der Waals surface area contributed by atoms with E-state index in [1.54, 1.807) is 0 Å². The highest BCUT2D eigenvalue weighted by atomic mass is 16.5. The number of benzene rings is 4. The molecule has 0 bridgehead atoms. The Hall–Kier alpha value is -6.72. The predicted octanol–water partition coefficient (Wildman–Crippen LogP) is 17.4. The molecule has 0 radical (unpaired) electrons. The van der Waals surface area contributed by atoms with Gasteiger partial charge in [0.1, 0.15) is 0 Å². The van der Waals surface area contributed by atoms with Crippen LogP contribution in [0.25, 0.3) is 39.8 Å². The van der Waals surface area contributed by atoms with E-state index in [4.69, 9.17) is 9.47 Å². The smallest absolute Gasteiger partial charge is 0.0721 e. The lowest BCUT2D eigenvalue weighted by Crippen LogP contribution is -2.32. The second-order valence-electron chi connectivity index (χ2n) is 21.6. The van der Waals surface area contributed by atoms with Crippen LogP contribution in [0, 0.1) is 17.3 Å². The van der Waals surface area contributed by atoms with Gasteiger partial charge in [-0.3, -0.25) is 0 Å². The monoisotopic (exact) mass is 961 g/mol. The van der Waals surface area contributed by atoms with Crippen molar-refractivity contribution in [3.05, 3.63) is 233 Å². The topological polar surface area (TPSA) is 26.6 Å². The Balaban J connectivity index is 0.816. The molecule has 4 aromatic carbocycles. The lowest BCUT2D eigenvalue weighted by atomic mass is 9.73. The van der Waals surface area contributed by atoms with Gasteiger partial charge in [-0.25, -0.2) is 0 Å². The van der Waals surface area contributed by atoms with E-state index in [0.717, 1.165) is 83.1 Å². The summed E-state index contributed by atoms with van der Waals surface area (Å²) in [5.74, 6) is 1.05. The van der Waals surface area contributed by atoms with Crippen molar-refractivity contribution in [2.75, 3.05) is 24.7 Å². The van der Waals surface area contributed by atoms with Crippen LogP contribution >= 0.6 is 0 Å². The van der Waals surface area contributed by atoms with Crippen LogP contribution < -0.4 is 4.90 Å². The third kappa shape index (κ3) is 10.3. The minimum Gasteiger partial charge on any atom is -0.377 e. The van der Waals surface area contributed by atoms with Crippen LogP contribution in [0.15, 0.2) is 205 Å². The maximum absolute atomic E-state index is 6.30. The summed E-state index contributed by atoms with van der Waals surface area (Å²) in [4.78, 5) is 2.58. The first kappa shape index (κ1) is 48.5. The standard InChI is InChI=1S/C69H72N2O2/c1-5-49-19-23-51(24-20-49)46-72-42-14-8-13-41-70-67-18-12-11-17-63(67)64-44-57(32-40-68(64)70)56-30-35-59(36-31-56)71(58-33-28-55(29-34-58)54-15-9-7-10-16-54)60-37-39-62-61-38-27-53(43-65(61)69(3,4)66(62)45-60)48-73-47-52-25-21-50(6-2)22-26-52/h5-6,8-9,11,13,15-17,21-23,25-36,38-40,44-45,49,60,65H,1-2,7,10,12,14,18-20,24,37,41-43,46-48H2,3-4H3/b13-8-/t49-,60+,65?/m0/s1. The molecule has 4 heteroatoms. The Morgan fingerprint density at radius 1 is 0.726 bits per heavy atom. The molecule has 11 rings (SSSR count). The van der Waals surface area contributed by atoms with Crippen LogP contribution in [-0.2, 0) is 29.0 Å². The van der Waals surface area contributed by atoms with E-state index >= 15 is 0 Å². The molecule has 1 fully saturated rings. The average Bonchev–Trinajstić information content (AvgIpc) is 3.88. The highest BCUT2D eigenvalue weighted by Gasteiger charge is 2.47. The van der Waals surface area contributed by atoms with Gasteiger partial charge in [-0.15, -0.1) is 6.58 Å². The van der Waals surface area contributed by atoms with Crippen molar-refractivity contribution in [3.8, 4) is 11.1 Å². The largest absolute Gasteiger partial charge is 0.377 e. The van der Waals surface area contributed by atoms with Gasteiger partial charge in [-0.05, 0) is 179 Å². The zero-order valence-electron chi connectivity index (χ0n) is 43.2. The van der Waals surface area contributed by atoms with Crippen molar-refractivity contribution < 1.29 is 9.47 Å². The van der Waals surface area contributed by atoms with Crippen LogP contribution in [0.3, 0.4) is 0 Å². The number of rotatable bonds is 18. The van der Waals surface area contributed by atoms with Crippen LogP contribution in [0.2, 0.25) is 0 Å². The third-order valence-electron chi connectivity index (χ3n) is 16.6. The van der Waals surface area contributed by atoms with Crippen molar-refractivity contribution in [1.82, 2.24) is 4.57 Å². The van der Waals surface area contributed by atoms with Crippen LogP contribution in [0.5, 0.6) is 0 Å². The lowest BCUT2D eigenvalue weighted by Gasteiger charge is -2.36.